The zero-order valence-electron chi connectivity index (χ0n) is 14.9. The lowest BCUT2D eigenvalue weighted by molar-refractivity contribution is 0.211. The van der Waals surface area contributed by atoms with Crippen molar-refractivity contribution >= 4 is 21.7 Å². The number of nitrogens with zero attached hydrogens (tertiary/aromatic N) is 3. The van der Waals surface area contributed by atoms with Crippen LogP contribution in [0.2, 0.25) is 0 Å². The summed E-state index contributed by atoms with van der Waals surface area (Å²) in [5.41, 5.74) is 1.74. The molecule has 0 aliphatic carbocycles. The summed E-state index contributed by atoms with van der Waals surface area (Å²) in [5, 5.41) is 7.89. The number of rotatable bonds is 4. The molecule has 1 saturated heterocycles. The summed E-state index contributed by atoms with van der Waals surface area (Å²) in [7, 11) is -3.74. The van der Waals surface area contributed by atoms with Crippen LogP contribution in [0.4, 0.5) is 10.5 Å². The summed E-state index contributed by atoms with van der Waals surface area (Å²) in [6.45, 7) is 3.86. The largest absolute Gasteiger partial charge is 0.323 e. The van der Waals surface area contributed by atoms with Gasteiger partial charge < -0.3 is 10.2 Å². The maximum Gasteiger partial charge on any atom is 0.321 e. The monoisotopic (exact) mass is 389 g/mol. The van der Waals surface area contributed by atoms with E-state index in [9.17, 15) is 13.2 Å². The molecule has 3 rings (SSSR count). The summed E-state index contributed by atoms with van der Waals surface area (Å²) in [6, 6.07) is 9.63. The fraction of sp³-hybridized carbons (Fsp3) is 0.333. The standard InChI is InChI=1S/C18H23N5O3S/c19-27(25,26)17-4-2-16(3-5-17)21-18(24)23-11-1-10-22(12-13-23)14-15-6-8-20-9-7-15/h2-9H,1,10-14H2,(H,21,24)(H2,19,25,26). The van der Waals surface area contributed by atoms with Crippen molar-refractivity contribution in [3.63, 3.8) is 0 Å². The summed E-state index contributed by atoms with van der Waals surface area (Å²) < 4.78 is 22.6. The highest BCUT2D eigenvalue weighted by atomic mass is 32.2. The molecular formula is C18H23N5O3S. The third-order valence-electron chi connectivity index (χ3n) is 4.47. The second-order valence-electron chi connectivity index (χ2n) is 6.47. The van der Waals surface area contributed by atoms with Crippen molar-refractivity contribution in [3.8, 4) is 0 Å². The highest BCUT2D eigenvalue weighted by Gasteiger charge is 2.19. The van der Waals surface area contributed by atoms with Gasteiger partial charge in [0.15, 0.2) is 0 Å². The summed E-state index contributed by atoms with van der Waals surface area (Å²) >= 11 is 0. The van der Waals surface area contributed by atoms with Crippen LogP contribution in [0.5, 0.6) is 0 Å². The Labute approximate surface area is 159 Å². The maximum absolute atomic E-state index is 12.5. The molecule has 2 amide bonds. The van der Waals surface area contributed by atoms with Crippen LogP contribution in [0.15, 0.2) is 53.7 Å². The van der Waals surface area contributed by atoms with Gasteiger partial charge in [0, 0.05) is 50.8 Å². The van der Waals surface area contributed by atoms with Crippen molar-refractivity contribution in [1.82, 2.24) is 14.8 Å². The number of amides is 2. The number of hydrogen-bond acceptors (Lipinski definition) is 5. The lowest BCUT2D eigenvalue weighted by Crippen LogP contribution is -2.38. The first-order valence-electron chi connectivity index (χ1n) is 8.72. The first-order valence-corrected chi connectivity index (χ1v) is 10.3. The van der Waals surface area contributed by atoms with Gasteiger partial charge in [-0.3, -0.25) is 9.88 Å². The summed E-state index contributed by atoms with van der Waals surface area (Å²) in [4.78, 5) is 20.7. The molecule has 0 unspecified atom stereocenters. The normalized spacial score (nSPS) is 16.0. The van der Waals surface area contributed by atoms with Crippen molar-refractivity contribution in [3.05, 3.63) is 54.4 Å². The van der Waals surface area contributed by atoms with Crippen LogP contribution in [0.1, 0.15) is 12.0 Å². The summed E-state index contributed by atoms with van der Waals surface area (Å²) in [5.74, 6) is 0. The van der Waals surface area contributed by atoms with Crippen LogP contribution in [0, 0.1) is 0 Å². The molecule has 0 radical (unpaired) electrons. The predicted octanol–water partition coefficient (Wildman–Crippen LogP) is 1.47. The van der Waals surface area contributed by atoms with E-state index in [0.717, 1.165) is 26.1 Å². The van der Waals surface area contributed by atoms with E-state index in [-0.39, 0.29) is 10.9 Å². The number of urea groups is 1. The molecule has 1 aliphatic heterocycles. The van der Waals surface area contributed by atoms with Crippen molar-refractivity contribution in [2.24, 2.45) is 5.14 Å². The van der Waals surface area contributed by atoms with Crippen molar-refractivity contribution in [1.29, 1.82) is 0 Å². The molecule has 1 fully saturated rings. The number of carbonyl (C=O) groups excluding carboxylic acids is 1. The Morgan fingerprint density at radius 2 is 1.74 bits per heavy atom. The molecule has 0 spiro atoms. The fourth-order valence-electron chi connectivity index (χ4n) is 3.01. The highest BCUT2D eigenvalue weighted by Crippen LogP contribution is 2.14. The Hall–Kier alpha value is -2.49. The number of hydrogen-bond donors (Lipinski definition) is 2. The van der Waals surface area contributed by atoms with Gasteiger partial charge in [-0.2, -0.15) is 0 Å². The van der Waals surface area contributed by atoms with E-state index in [4.69, 9.17) is 5.14 Å². The lowest BCUT2D eigenvalue weighted by atomic mass is 10.2. The van der Waals surface area contributed by atoms with Gasteiger partial charge in [0.25, 0.3) is 0 Å². The zero-order valence-corrected chi connectivity index (χ0v) is 15.7. The van der Waals surface area contributed by atoms with E-state index < -0.39 is 10.0 Å². The van der Waals surface area contributed by atoms with Crippen LogP contribution in [0.25, 0.3) is 0 Å². The minimum absolute atomic E-state index is 0.0158. The zero-order chi connectivity index (χ0) is 19.3. The van der Waals surface area contributed by atoms with E-state index in [2.05, 4.69) is 15.2 Å². The molecule has 144 valence electrons. The van der Waals surface area contributed by atoms with Gasteiger partial charge in [-0.15, -0.1) is 0 Å². The fourth-order valence-corrected chi connectivity index (χ4v) is 3.52. The molecule has 9 heteroatoms. The SMILES string of the molecule is NS(=O)(=O)c1ccc(NC(=O)N2CCCN(Cc3ccncc3)CC2)cc1. The third-order valence-corrected chi connectivity index (χ3v) is 5.39. The quantitative estimate of drug-likeness (QED) is 0.823. The van der Waals surface area contributed by atoms with E-state index in [0.29, 0.717) is 18.8 Å². The molecule has 2 heterocycles. The molecule has 1 aromatic heterocycles. The molecule has 0 saturated carbocycles. The maximum atomic E-state index is 12.5. The molecule has 27 heavy (non-hydrogen) atoms. The minimum Gasteiger partial charge on any atom is -0.323 e. The molecule has 8 nitrogen and oxygen atoms in total. The number of anilines is 1. The van der Waals surface area contributed by atoms with Gasteiger partial charge in [0.05, 0.1) is 4.90 Å². The number of nitrogens with one attached hydrogen (secondary N) is 1. The number of carbonyl (C=O) groups is 1. The number of primary sulfonamides is 1. The van der Waals surface area contributed by atoms with Gasteiger partial charge in [-0.25, -0.2) is 18.4 Å². The predicted molar refractivity (Wildman–Crippen MR) is 103 cm³/mol. The average Bonchev–Trinajstić information content (AvgIpc) is 2.88. The van der Waals surface area contributed by atoms with Gasteiger partial charge in [-0.05, 0) is 48.4 Å². The van der Waals surface area contributed by atoms with Gasteiger partial charge in [0.1, 0.15) is 0 Å². The van der Waals surface area contributed by atoms with Gasteiger partial charge >= 0.3 is 6.03 Å². The number of aromatic nitrogens is 1. The highest BCUT2D eigenvalue weighted by molar-refractivity contribution is 7.89. The van der Waals surface area contributed by atoms with Crippen LogP contribution in [-0.2, 0) is 16.6 Å². The molecule has 1 aliphatic rings. The lowest BCUT2D eigenvalue weighted by Gasteiger charge is -2.22. The minimum atomic E-state index is -3.74. The Kier molecular flexibility index (Phi) is 6.04. The van der Waals surface area contributed by atoms with Crippen LogP contribution < -0.4 is 10.5 Å². The topological polar surface area (TPSA) is 109 Å². The van der Waals surface area contributed by atoms with Crippen molar-refractivity contribution in [2.45, 2.75) is 17.9 Å². The molecule has 3 N–H and O–H groups in total. The second-order valence-corrected chi connectivity index (χ2v) is 8.03. The Morgan fingerprint density at radius 1 is 1.04 bits per heavy atom. The average molecular weight is 389 g/mol. The number of sulfonamides is 1. The second kappa shape index (κ2) is 8.47. The molecule has 0 atom stereocenters. The van der Waals surface area contributed by atoms with E-state index in [1.807, 2.05) is 12.1 Å². The van der Waals surface area contributed by atoms with Gasteiger partial charge in [0.2, 0.25) is 10.0 Å². The van der Waals surface area contributed by atoms with E-state index in [1.54, 1.807) is 17.3 Å². The first kappa shape index (κ1) is 19.3. The molecule has 1 aromatic carbocycles. The van der Waals surface area contributed by atoms with Crippen LogP contribution in [0.3, 0.4) is 0 Å². The molecule has 0 bridgehead atoms. The smallest absolute Gasteiger partial charge is 0.321 e. The van der Waals surface area contributed by atoms with Crippen molar-refractivity contribution < 1.29 is 13.2 Å². The van der Waals surface area contributed by atoms with Crippen molar-refractivity contribution in [2.75, 3.05) is 31.5 Å². The Morgan fingerprint density at radius 3 is 2.41 bits per heavy atom. The third kappa shape index (κ3) is 5.49. The molecule has 2 aromatic rings. The number of benzene rings is 1. The van der Waals surface area contributed by atoms with E-state index in [1.165, 1.54) is 29.8 Å². The Balaban J connectivity index is 1.55. The van der Waals surface area contributed by atoms with Gasteiger partial charge in [-0.1, -0.05) is 0 Å². The first-order chi connectivity index (χ1) is 12.9. The number of pyridine rings is 1. The Bertz CT molecular complexity index is 872. The summed E-state index contributed by atoms with van der Waals surface area (Å²) in [6.07, 6.45) is 4.46. The molecular weight excluding hydrogens is 366 g/mol. The van der Waals surface area contributed by atoms with E-state index >= 15 is 0 Å². The van der Waals surface area contributed by atoms with Crippen LogP contribution in [-0.4, -0.2) is 55.4 Å². The van der Waals surface area contributed by atoms with Crippen LogP contribution >= 0.6 is 0 Å². The number of nitrogens with two attached hydrogens (primary N) is 1.